The highest BCUT2D eigenvalue weighted by Gasteiger charge is 2.10. The molecular weight excluding hydrogens is 294 g/mol. The molecule has 1 atom stereocenters. The minimum Gasteiger partial charge on any atom is -0.309 e. The van der Waals surface area contributed by atoms with Crippen LogP contribution < -0.4 is 5.32 Å². The summed E-state index contributed by atoms with van der Waals surface area (Å²) in [5.74, 6) is 0. The third-order valence-corrected chi connectivity index (χ3v) is 5.37. The average molecular weight is 314 g/mol. The van der Waals surface area contributed by atoms with Gasteiger partial charge in [-0.05, 0) is 72.9 Å². The standard InChI is InChI=1S/C14H20BrNS/c1-11(14-13(15)8-10-17-14)16-9-7-12-5-3-2-4-6-12/h5,8,10-11,16H,2-4,6-7,9H2,1H3. The van der Waals surface area contributed by atoms with Gasteiger partial charge in [0.2, 0.25) is 0 Å². The third-order valence-electron chi connectivity index (χ3n) is 3.32. The molecule has 1 aliphatic carbocycles. The van der Waals surface area contributed by atoms with Crippen molar-refractivity contribution in [2.45, 2.75) is 45.1 Å². The summed E-state index contributed by atoms with van der Waals surface area (Å²) >= 11 is 5.41. The van der Waals surface area contributed by atoms with Gasteiger partial charge in [-0.15, -0.1) is 11.3 Å². The Kier molecular flexibility index (Phi) is 5.26. The minimum atomic E-state index is 0.452. The summed E-state index contributed by atoms with van der Waals surface area (Å²) < 4.78 is 1.24. The van der Waals surface area contributed by atoms with Gasteiger partial charge in [-0.3, -0.25) is 0 Å². The van der Waals surface area contributed by atoms with Crippen molar-refractivity contribution < 1.29 is 0 Å². The summed E-state index contributed by atoms with van der Waals surface area (Å²) in [5.41, 5.74) is 1.65. The van der Waals surface area contributed by atoms with Crippen molar-refractivity contribution in [1.29, 1.82) is 0 Å². The molecule has 0 amide bonds. The van der Waals surface area contributed by atoms with Crippen molar-refractivity contribution in [2.24, 2.45) is 0 Å². The number of thiophene rings is 1. The Morgan fingerprint density at radius 1 is 1.47 bits per heavy atom. The summed E-state index contributed by atoms with van der Waals surface area (Å²) in [7, 11) is 0. The zero-order valence-corrected chi connectivity index (χ0v) is 12.7. The van der Waals surface area contributed by atoms with Crippen LogP contribution in [0.4, 0.5) is 0 Å². The highest BCUT2D eigenvalue weighted by Crippen LogP contribution is 2.28. The molecule has 94 valence electrons. The van der Waals surface area contributed by atoms with E-state index in [1.807, 2.05) is 11.3 Å². The van der Waals surface area contributed by atoms with Gasteiger partial charge in [0, 0.05) is 15.4 Å². The molecule has 1 aliphatic rings. The van der Waals surface area contributed by atoms with Gasteiger partial charge < -0.3 is 5.32 Å². The van der Waals surface area contributed by atoms with E-state index in [0.29, 0.717) is 6.04 Å². The number of hydrogen-bond donors (Lipinski definition) is 1. The van der Waals surface area contributed by atoms with E-state index in [4.69, 9.17) is 0 Å². The molecule has 1 unspecified atom stereocenters. The topological polar surface area (TPSA) is 12.0 Å². The fourth-order valence-electron chi connectivity index (χ4n) is 2.29. The van der Waals surface area contributed by atoms with Crippen molar-refractivity contribution in [3.05, 3.63) is 32.4 Å². The lowest BCUT2D eigenvalue weighted by atomic mass is 9.97. The van der Waals surface area contributed by atoms with Gasteiger partial charge in [0.25, 0.3) is 0 Å². The van der Waals surface area contributed by atoms with Crippen LogP contribution in [0.25, 0.3) is 0 Å². The average Bonchev–Trinajstić information content (AvgIpc) is 2.77. The van der Waals surface area contributed by atoms with Crippen LogP contribution in [0.1, 0.15) is 49.9 Å². The zero-order chi connectivity index (χ0) is 12.1. The first-order valence-corrected chi connectivity index (χ1v) is 8.09. The predicted octanol–water partition coefficient (Wildman–Crippen LogP) is 5.05. The van der Waals surface area contributed by atoms with Gasteiger partial charge in [0.15, 0.2) is 0 Å². The third kappa shape index (κ3) is 3.94. The lowest BCUT2D eigenvalue weighted by molar-refractivity contribution is 0.567. The molecule has 0 saturated carbocycles. The van der Waals surface area contributed by atoms with Crippen LogP contribution in [0.15, 0.2) is 27.6 Å². The van der Waals surface area contributed by atoms with Gasteiger partial charge in [0.1, 0.15) is 0 Å². The second-order valence-corrected chi connectivity index (χ2v) is 6.47. The van der Waals surface area contributed by atoms with E-state index in [1.54, 1.807) is 5.57 Å². The van der Waals surface area contributed by atoms with Crippen LogP contribution in [0.2, 0.25) is 0 Å². The van der Waals surface area contributed by atoms with Gasteiger partial charge in [-0.25, -0.2) is 0 Å². The number of halogens is 1. The second-order valence-electron chi connectivity index (χ2n) is 4.67. The van der Waals surface area contributed by atoms with Crippen molar-refractivity contribution in [3.8, 4) is 0 Å². The lowest BCUT2D eigenvalue weighted by Crippen LogP contribution is -2.20. The molecule has 1 heterocycles. The number of hydrogen-bond acceptors (Lipinski definition) is 2. The van der Waals surface area contributed by atoms with Crippen molar-refractivity contribution >= 4 is 27.3 Å². The molecule has 17 heavy (non-hydrogen) atoms. The van der Waals surface area contributed by atoms with Crippen LogP contribution in [0, 0.1) is 0 Å². The van der Waals surface area contributed by atoms with E-state index in [1.165, 1.54) is 41.5 Å². The normalized spacial score (nSPS) is 17.9. The largest absolute Gasteiger partial charge is 0.309 e. The van der Waals surface area contributed by atoms with E-state index in [2.05, 4.69) is 45.7 Å². The SMILES string of the molecule is CC(NCCC1=CCCCC1)c1sccc1Br. The molecule has 0 aromatic carbocycles. The van der Waals surface area contributed by atoms with E-state index < -0.39 is 0 Å². The highest BCUT2D eigenvalue weighted by atomic mass is 79.9. The first kappa shape index (κ1) is 13.3. The second kappa shape index (κ2) is 6.72. The fraction of sp³-hybridized carbons (Fsp3) is 0.571. The van der Waals surface area contributed by atoms with E-state index in [-0.39, 0.29) is 0 Å². The molecule has 0 saturated heterocycles. The summed E-state index contributed by atoms with van der Waals surface area (Å²) in [5, 5.41) is 5.75. The fourth-order valence-corrected chi connectivity index (χ4v) is 4.04. The van der Waals surface area contributed by atoms with Crippen LogP contribution in [0.3, 0.4) is 0 Å². The van der Waals surface area contributed by atoms with Gasteiger partial charge in [0.05, 0.1) is 0 Å². The Labute approximate surface area is 116 Å². The molecule has 3 heteroatoms. The maximum atomic E-state index is 3.61. The van der Waals surface area contributed by atoms with Gasteiger partial charge >= 0.3 is 0 Å². The van der Waals surface area contributed by atoms with E-state index in [0.717, 1.165) is 6.54 Å². The van der Waals surface area contributed by atoms with Crippen molar-refractivity contribution in [1.82, 2.24) is 5.32 Å². The zero-order valence-electron chi connectivity index (χ0n) is 10.3. The van der Waals surface area contributed by atoms with Gasteiger partial charge in [-0.2, -0.15) is 0 Å². The predicted molar refractivity (Wildman–Crippen MR) is 79.6 cm³/mol. The molecule has 1 nitrogen and oxygen atoms in total. The Morgan fingerprint density at radius 3 is 3.00 bits per heavy atom. The summed E-state index contributed by atoms with van der Waals surface area (Å²) in [4.78, 5) is 1.41. The van der Waals surface area contributed by atoms with Crippen LogP contribution in [-0.2, 0) is 0 Å². The molecule has 0 bridgehead atoms. The van der Waals surface area contributed by atoms with Crippen molar-refractivity contribution in [2.75, 3.05) is 6.54 Å². The molecule has 0 spiro atoms. The molecule has 1 N–H and O–H groups in total. The summed E-state index contributed by atoms with van der Waals surface area (Å²) in [6, 6.07) is 2.58. The number of allylic oxidation sites excluding steroid dienone is 1. The maximum absolute atomic E-state index is 3.61. The molecule has 0 fully saturated rings. The first-order valence-electron chi connectivity index (χ1n) is 6.41. The Morgan fingerprint density at radius 2 is 2.35 bits per heavy atom. The number of nitrogens with one attached hydrogen (secondary N) is 1. The monoisotopic (exact) mass is 313 g/mol. The quantitative estimate of drug-likeness (QED) is 0.750. The molecule has 1 aromatic rings. The molecular formula is C14H20BrNS. The molecule has 2 rings (SSSR count). The Hall–Kier alpha value is -0.120. The summed E-state index contributed by atoms with van der Waals surface area (Å²) in [6.45, 7) is 3.34. The first-order chi connectivity index (χ1) is 8.27. The Balaban J connectivity index is 1.75. The molecule has 1 aromatic heterocycles. The Bertz CT molecular complexity index is 383. The molecule has 0 radical (unpaired) electrons. The van der Waals surface area contributed by atoms with E-state index in [9.17, 15) is 0 Å². The van der Waals surface area contributed by atoms with E-state index >= 15 is 0 Å². The number of rotatable bonds is 5. The van der Waals surface area contributed by atoms with Crippen LogP contribution in [0.5, 0.6) is 0 Å². The smallest absolute Gasteiger partial charge is 0.0397 e. The highest BCUT2D eigenvalue weighted by molar-refractivity contribution is 9.10. The van der Waals surface area contributed by atoms with Gasteiger partial charge in [-0.1, -0.05) is 11.6 Å². The lowest BCUT2D eigenvalue weighted by Gasteiger charge is -2.16. The van der Waals surface area contributed by atoms with Crippen LogP contribution in [-0.4, -0.2) is 6.54 Å². The maximum Gasteiger partial charge on any atom is 0.0397 e. The summed E-state index contributed by atoms with van der Waals surface area (Å²) in [6.07, 6.45) is 9.04. The minimum absolute atomic E-state index is 0.452. The van der Waals surface area contributed by atoms with Crippen LogP contribution >= 0.6 is 27.3 Å². The van der Waals surface area contributed by atoms with Crippen molar-refractivity contribution in [3.63, 3.8) is 0 Å². The molecule has 0 aliphatic heterocycles.